The van der Waals surface area contributed by atoms with Crippen LogP contribution in [-0.4, -0.2) is 9.78 Å². The molecule has 2 N–H and O–H groups in total. The first-order chi connectivity index (χ1) is 6.83. The van der Waals surface area contributed by atoms with E-state index >= 15 is 0 Å². The molecule has 0 aromatic carbocycles. The molecule has 1 unspecified atom stereocenters. The Hall–Kier alpha value is -0.830. The van der Waals surface area contributed by atoms with Gasteiger partial charge in [0.2, 0.25) is 0 Å². The second-order valence-corrected chi connectivity index (χ2v) is 5.42. The second kappa shape index (κ2) is 4.35. The molecule has 3 nitrogen and oxygen atoms in total. The van der Waals surface area contributed by atoms with Gasteiger partial charge in [-0.15, -0.1) is 0 Å². The van der Waals surface area contributed by atoms with Gasteiger partial charge in [-0.25, -0.2) is 0 Å². The summed E-state index contributed by atoms with van der Waals surface area (Å²) in [6.07, 6.45) is 0.969. The summed E-state index contributed by atoms with van der Waals surface area (Å²) in [5.74, 6) is 0. The van der Waals surface area contributed by atoms with Gasteiger partial charge in [0.15, 0.2) is 0 Å². The van der Waals surface area contributed by atoms with Crippen LogP contribution in [0, 0.1) is 5.41 Å². The molecular formula is C12H23N3. The summed E-state index contributed by atoms with van der Waals surface area (Å²) in [4.78, 5) is 0. The SMILES string of the molecule is CCc1cc(C(C)N)n(CC(C)(C)C)n1. The van der Waals surface area contributed by atoms with E-state index in [-0.39, 0.29) is 11.5 Å². The molecule has 0 bridgehead atoms. The van der Waals surface area contributed by atoms with Crippen molar-refractivity contribution >= 4 is 0 Å². The van der Waals surface area contributed by atoms with Gasteiger partial charge in [-0.1, -0.05) is 27.7 Å². The third-order valence-corrected chi connectivity index (χ3v) is 2.31. The zero-order chi connectivity index (χ0) is 11.6. The molecule has 1 heterocycles. The standard InChI is InChI=1S/C12H23N3/c1-6-10-7-11(9(2)13)15(14-10)8-12(3,4)5/h7,9H,6,8,13H2,1-5H3. The molecule has 1 atom stereocenters. The fraction of sp³-hybridized carbons (Fsp3) is 0.750. The second-order valence-electron chi connectivity index (χ2n) is 5.42. The summed E-state index contributed by atoms with van der Waals surface area (Å²) in [5, 5.41) is 4.57. The Morgan fingerprint density at radius 2 is 2.07 bits per heavy atom. The smallest absolute Gasteiger partial charge is 0.0625 e. The van der Waals surface area contributed by atoms with Crippen molar-refractivity contribution in [2.45, 2.75) is 53.6 Å². The van der Waals surface area contributed by atoms with Crippen molar-refractivity contribution in [3.63, 3.8) is 0 Å². The van der Waals surface area contributed by atoms with E-state index in [1.165, 1.54) is 0 Å². The van der Waals surface area contributed by atoms with E-state index in [0.29, 0.717) is 0 Å². The van der Waals surface area contributed by atoms with Crippen molar-refractivity contribution in [2.75, 3.05) is 0 Å². The van der Waals surface area contributed by atoms with Crippen LogP contribution < -0.4 is 5.73 Å². The normalized spacial score (nSPS) is 14.3. The minimum absolute atomic E-state index is 0.0557. The third-order valence-electron chi connectivity index (χ3n) is 2.31. The highest BCUT2D eigenvalue weighted by Gasteiger charge is 2.17. The molecule has 15 heavy (non-hydrogen) atoms. The van der Waals surface area contributed by atoms with Crippen LogP contribution in [0.25, 0.3) is 0 Å². The summed E-state index contributed by atoms with van der Waals surface area (Å²) in [6, 6.07) is 2.18. The van der Waals surface area contributed by atoms with Crippen LogP contribution >= 0.6 is 0 Å². The van der Waals surface area contributed by atoms with Crippen LogP contribution in [0.2, 0.25) is 0 Å². The molecule has 0 aliphatic rings. The lowest BCUT2D eigenvalue weighted by Gasteiger charge is -2.20. The Balaban J connectivity index is 2.99. The van der Waals surface area contributed by atoms with Crippen molar-refractivity contribution in [3.8, 4) is 0 Å². The zero-order valence-electron chi connectivity index (χ0n) is 10.5. The number of rotatable bonds is 3. The first kappa shape index (κ1) is 12.2. The molecule has 3 heteroatoms. The van der Waals surface area contributed by atoms with Crippen molar-refractivity contribution in [1.82, 2.24) is 9.78 Å². The Labute approximate surface area is 92.7 Å². The monoisotopic (exact) mass is 209 g/mol. The summed E-state index contributed by atoms with van der Waals surface area (Å²) in [5.41, 5.74) is 8.45. The Morgan fingerprint density at radius 3 is 2.47 bits per heavy atom. The van der Waals surface area contributed by atoms with Gasteiger partial charge in [0.25, 0.3) is 0 Å². The van der Waals surface area contributed by atoms with Crippen molar-refractivity contribution in [3.05, 3.63) is 17.5 Å². The number of nitrogens with two attached hydrogens (primary N) is 1. The molecule has 0 spiro atoms. The lowest BCUT2D eigenvalue weighted by molar-refractivity contribution is 0.316. The largest absolute Gasteiger partial charge is 0.323 e. The maximum Gasteiger partial charge on any atom is 0.0625 e. The van der Waals surface area contributed by atoms with Crippen LogP contribution in [0.15, 0.2) is 6.07 Å². The Kier molecular flexibility index (Phi) is 3.55. The van der Waals surface area contributed by atoms with Crippen LogP contribution in [0.5, 0.6) is 0 Å². The van der Waals surface area contributed by atoms with E-state index in [1.54, 1.807) is 0 Å². The Bertz CT molecular complexity index is 318. The number of hydrogen-bond acceptors (Lipinski definition) is 2. The summed E-state index contributed by atoms with van der Waals surface area (Å²) in [6.45, 7) is 11.7. The van der Waals surface area contributed by atoms with Gasteiger partial charge in [0.1, 0.15) is 0 Å². The van der Waals surface area contributed by atoms with Crippen molar-refractivity contribution in [1.29, 1.82) is 0 Å². The highest BCUT2D eigenvalue weighted by molar-refractivity contribution is 5.13. The highest BCUT2D eigenvalue weighted by atomic mass is 15.3. The first-order valence-electron chi connectivity index (χ1n) is 5.65. The van der Waals surface area contributed by atoms with Crippen LogP contribution in [0.3, 0.4) is 0 Å². The fourth-order valence-electron chi connectivity index (χ4n) is 1.60. The number of aromatic nitrogens is 2. The van der Waals surface area contributed by atoms with E-state index in [2.05, 4.69) is 43.5 Å². The molecule has 86 valence electrons. The van der Waals surface area contributed by atoms with E-state index in [1.807, 2.05) is 6.92 Å². The minimum Gasteiger partial charge on any atom is -0.323 e. The zero-order valence-corrected chi connectivity index (χ0v) is 10.5. The first-order valence-corrected chi connectivity index (χ1v) is 5.65. The molecule has 0 aliphatic carbocycles. The number of nitrogens with zero attached hydrogens (tertiary/aromatic N) is 2. The summed E-state index contributed by atoms with van der Waals surface area (Å²) >= 11 is 0. The molecule has 1 rings (SSSR count). The van der Waals surface area contributed by atoms with E-state index in [4.69, 9.17) is 5.73 Å². The van der Waals surface area contributed by atoms with Gasteiger partial charge in [-0.05, 0) is 24.8 Å². The fourth-order valence-corrected chi connectivity index (χ4v) is 1.60. The summed E-state index contributed by atoms with van der Waals surface area (Å²) < 4.78 is 2.06. The lowest BCUT2D eigenvalue weighted by atomic mass is 9.97. The highest BCUT2D eigenvalue weighted by Crippen LogP contribution is 2.20. The van der Waals surface area contributed by atoms with Gasteiger partial charge >= 0.3 is 0 Å². The minimum atomic E-state index is 0.0557. The average Bonchev–Trinajstić information content (AvgIpc) is 2.44. The predicted octanol–water partition coefficient (Wildman–Crippen LogP) is 2.51. The number of aryl methyl sites for hydroxylation is 1. The van der Waals surface area contributed by atoms with E-state index < -0.39 is 0 Å². The maximum atomic E-state index is 5.94. The molecule has 0 fully saturated rings. The van der Waals surface area contributed by atoms with Gasteiger partial charge < -0.3 is 5.73 Å². The van der Waals surface area contributed by atoms with Gasteiger partial charge in [0, 0.05) is 12.6 Å². The number of hydrogen-bond donors (Lipinski definition) is 1. The van der Waals surface area contributed by atoms with Crippen molar-refractivity contribution in [2.24, 2.45) is 11.1 Å². The lowest BCUT2D eigenvalue weighted by Crippen LogP contribution is -2.21. The van der Waals surface area contributed by atoms with Crippen molar-refractivity contribution < 1.29 is 0 Å². The van der Waals surface area contributed by atoms with Gasteiger partial charge in [0.05, 0.1) is 11.4 Å². The summed E-state index contributed by atoms with van der Waals surface area (Å²) in [7, 11) is 0. The molecule has 1 aromatic rings. The van der Waals surface area contributed by atoms with Gasteiger partial charge in [-0.2, -0.15) is 5.10 Å². The van der Waals surface area contributed by atoms with E-state index in [9.17, 15) is 0 Å². The topological polar surface area (TPSA) is 43.8 Å². The molecule has 0 aliphatic heterocycles. The van der Waals surface area contributed by atoms with Gasteiger partial charge in [-0.3, -0.25) is 4.68 Å². The van der Waals surface area contributed by atoms with E-state index in [0.717, 1.165) is 24.4 Å². The molecule has 1 aromatic heterocycles. The quantitative estimate of drug-likeness (QED) is 0.831. The Morgan fingerprint density at radius 1 is 1.47 bits per heavy atom. The maximum absolute atomic E-state index is 5.94. The molecular weight excluding hydrogens is 186 g/mol. The molecule has 0 amide bonds. The van der Waals surface area contributed by atoms with Crippen LogP contribution in [0.4, 0.5) is 0 Å². The molecule has 0 saturated heterocycles. The van der Waals surface area contributed by atoms with Crippen LogP contribution in [-0.2, 0) is 13.0 Å². The predicted molar refractivity (Wildman–Crippen MR) is 63.7 cm³/mol. The molecule has 0 saturated carbocycles. The van der Waals surface area contributed by atoms with Crippen LogP contribution in [0.1, 0.15) is 52.0 Å². The molecule has 0 radical (unpaired) electrons. The third kappa shape index (κ3) is 3.34. The average molecular weight is 209 g/mol.